The van der Waals surface area contributed by atoms with Crippen LogP contribution in [0, 0.1) is 0 Å². The number of rotatable bonds is 6. The van der Waals surface area contributed by atoms with Crippen LogP contribution in [0.4, 0.5) is 0 Å². The van der Waals surface area contributed by atoms with Gasteiger partial charge in [0.2, 0.25) is 11.8 Å². The molecule has 7 heteroatoms. The highest BCUT2D eigenvalue weighted by atomic mass is 16.5. The van der Waals surface area contributed by atoms with Gasteiger partial charge in [0.05, 0.1) is 19.6 Å². The molecule has 0 spiro atoms. The van der Waals surface area contributed by atoms with Gasteiger partial charge in [-0.2, -0.15) is 0 Å². The molecule has 1 atom stereocenters. The average molecular weight is 415 g/mol. The summed E-state index contributed by atoms with van der Waals surface area (Å²) in [4.78, 5) is 32.2. The summed E-state index contributed by atoms with van der Waals surface area (Å²) >= 11 is 0. The van der Waals surface area contributed by atoms with Crippen LogP contribution in [-0.4, -0.2) is 85.0 Å². The van der Waals surface area contributed by atoms with E-state index in [0.29, 0.717) is 32.1 Å². The number of methoxy groups -OCH3 is 1. The van der Waals surface area contributed by atoms with Crippen LogP contribution in [0.2, 0.25) is 0 Å². The number of nitrogens with zero attached hydrogens (tertiary/aromatic N) is 3. The van der Waals surface area contributed by atoms with Gasteiger partial charge in [0.1, 0.15) is 5.75 Å². The van der Waals surface area contributed by atoms with Crippen LogP contribution >= 0.6 is 0 Å². The van der Waals surface area contributed by atoms with Gasteiger partial charge < -0.3 is 15.0 Å². The molecule has 7 nitrogen and oxygen atoms in total. The molecule has 1 aliphatic carbocycles. The lowest BCUT2D eigenvalue weighted by molar-refractivity contribution is -0.141. The first-order valence-corrected chi connectivity index (χ1v) is 11.3. The molecule has 2 amide bonds. The van der Waals surface area contributed by atoms with E-state index in [9.17, 15) is 9.59 Å². The van der Waals surface area contributed by atoms with Gasteiger partial charge in [0, 0.05) is 57.4 Å². The van der Waals surface area contributed by atoms with E-state index in [2.05, 4.69) is 21.2 Å². The lowest BCUT2D eigenvalue weighted by Crippen LogP contribution is -2.59. The van der Waals surface area contributed by atoms with Gasteiger partial charge in [-0.25, -0.2) is 0 Å². The predicted molar refractivity (Wildman–Crippen MR) is 115 cm³/mol. The number of piperazine rings is 2. The molecule has 0 aromatic heterocycles. The molecule has 3 aliphatic rings. The summed E-state index contributed by atoms with van der Waals surface area (Å²) < 4.78 is 5.46. The highest BCUT2D eigenvalue weighted by Gasteiger charge is 2.37. The Morgan fingerprint density at radius 1 is 1.10 bits per heavy atom. The zero-order chi connectivity index (χ0) is 20.9. The van der Waals surface area contributed by atoms with Crippen LogP contribution in [0.25, 0.3) is 0 Å². The summed E-state index contributed by atoms with van der Waals surface area (Å²) in [5.74, 6) is 1.04. The summed E-state index contributed by atoms with van der Waals surface area (Å²) in [6, 6.07) is 8.25. The first-order valence-electron chi connectivity index (χ1n) is 11.3. The van der Waals surface area contributed by atoms with Gasteiger partial charge in [-0.05, 0) is 18.9 Å². The Bertz CT molecular complexity index is 742. The van der Waals surface area contributed by atoms with E-state index in [1.165, 1.54) is 18.4 Å². The van der Waals surface area contributed by atoms with Crippen molar-refractivity contribution in [3.05, 3.63) is 29.8 Å². The molecule has 1 aromatic carbocycles. The van der Waals surface area contributed by atoms with Gasteiger partial charge in [0.25, 0.3) is 0 Å². The number of ether oxygens (including phenoxy) is 1. The Morgan fingerprint density at radius 2 is 1.83 bits per heavy atom. The number of hydrogen-bond donors (Lipinski definition) is 1. The van der Waals surface area contributed by atoms with Gasteiger partial charge in [0.15, 0.2) is 0 Å². The molecule has 0 radical (unpaired) electrons. The molecule has 0 unspecified atom stereocenters. The molecule has 4 rings (SSSR count). The first-order chi connectivity index (χ1) is 14.7. The number of hydrogen-bond acceptors (Lipinski definition) is 5. The number of amides is 2. The van der Waals surface area contributed by atoms with Crippen molar-refractivity contribution >= 4 is 11.8 Å². The number of nitrogens with one attached hydrogen (secondary N) is 1. The third-order valence-electron chi connectivity index (χ3n) is 6.85. The molecule has 2 aliphatic heterocycles. The molecule has 1 N–H and O–H groups in total. The average Bonchev–Trinajstić information content (AvgIpc) is 3.31. The normalized spacial score (nSPS) is 24.1. The fourth-order valence-corrected chi connectivity index (χ4v) is 5.14. The van der Waals surface area contributed by atoms with Gasteiger partial charge >= 0.3 is 0 Å². The number of carbonyl (C=O) groups is 2. The van der Waals surface area contributed by atoms with Crippen LogP contribution in [0.15, 0.2) is 24.3 Å². The van der Waals surface area contributed by atoms with Gasteiger partial charge in [-0.3, -0.25) is 19.4 Å². The van der Waals surface area contributed by atoms with Crippen molar-refractivity contribution < 1.29 is 14.3 Å². The number of carbonyl (C=O) groups excluding carboxylic acids is 2. The first kappa shape index (κ1) is 21.1. The maximum absolute atomic E-state index is 13.0. The van der Waals surface area contributed by atoms with E-state index >= 15 is 0 Å². The highest BCUT2D eigenvalue weighted by molar-refractivity contribution is 5.89. The van der Waals surface area contributed by atoms with Crippen molar-refractivity contribution in [2.75, 3.05) is 46.4 Å². The molecular weight excluding hydrogens is 380 g/mol. The Kier molecular flexibility index (Phi) is 6.89. The van der Waals surface area contributed by atoms with E-state index < -0.39 is 0 Å². The highest BCUT2D eigenvalue weighted by Crippen LogP contribution is 2.27. The Labute approximate surface area is 179 Å². The quantitative estimate of drug-likeness (QED) is 0.764. The van der Waals surface area contributed by atoms with Crippen LogP contribution in [0.5, 0.6) is 5.75 Å². The number of benzene rings is 1. The van der Waals surface area contributed by atoms with Gasteiger partial charge in [-0.1, -0.05) is 31.0 Å². The topological polar surface area (TPSA) is 65.1 Å². The van der Waals surface area contributed by atoms with E-state index in [1.54, 1.807) is 7.11 Å². The molecular formula is C23H34N4O3. The molecule has 3 fully saturated rings. The minimum absolute atomic E-state index is 0.0244. The van der Waals surface area contributed by atoms with E-state index in [1.807, 2.05) is 23.1 Å². The smallest absolute Gasteiger partial charge is 0.237 e. The minimum atomic E-state index is -0.305. The second kappa shape index (κ2) is 9.79. The summed E-state index contributed by atoms with van der Waals surface area (Å²) in [5, 5.41) is 2.97. The predicted octanol–water partition coefficient (Wildman–Crippen LogP) is 1.47. The lowest BCUT2D eigenvalue weighted by Gasteiger charge is -2.40. The maximum atomic E-state index is 13.0. The Morgan fingerprint density at radius 3 is 2.57 bits per heavy atom. The molecule has 164 valence electrons. The van der Waals surface area contributed by atoms with Crippen molar-refractivity contribution in [1.29, 1.82) is 0 Å². The second-order valence-electron chi connectivity index (χ2n) is 8.66. The minimum Gasteiger partial charge on any atom is -0.496 e. The van der Waals surface area contributed by atoms with Crippen LogP contribution in [0.3, 0.4) is 0 Å². The van der Waals surface area contributed by atoms with E-state index in [0.717, 1.165) is 44.8 Å². The van der Waals surface area contributed by atoms with Crippen molar-refractivity contribution in [2.45, 2.75) is 50.7 Å². The number of para-hydroxylation sites is 1. The standard InChI is InChI=1S/C23H34N4O3/c1-30-21-9-5-2-6-18(21)17-25-12-14-26(15-13-25)22(28)16-20-23(29)24-10-11-27(20)19-7-3-4-8-19/h2,5-6,9,19-20H,3-4,7-8,10-17H2,1H3,(H,24,29)/t20-/m1/s1. The monoisotopic (exact) mass is 414 g/mol. The van der Waals surface area contributed by atoms with Crippen LogP contribution in [0.1, 0.15) is 37.7 Å². The fraction of sp³-hybridized carbons (Fsp3) is 0.652. The van der Waals surface area contributed by atoms with E-state index in [4.69, 9.17) is 4.74 Å². The molecule has 0 bridgehead atoms. The van der Waals surface area contributed by atoms with Crippen molar-refractivity contribution in [3.63, 3.8) is 0 Å². The Hall–Kier alpha value is -2.12. The molecule has 2 saturated heterocycles. The van der Waals surface area contributed by atoms with Crippen molar-refractivity contribution in [2.24, 2.45) is 0 Å². The third kappa shape index (κ3) is 4.78. The maximum Gasteiger partial charge on any atom is 0.237 e. The summed E-state index contributed by atoms with van der Waals surface area (Å²) in [6.07, 6.45) is 5.07. The third-order valence-corrected chi connectivity index (χ3v) is 6.85. The summed E-state index contributed by atoms with van der Waals surface area (Å²) in [6.45, 7) is 5.49. The SMILES string of the molecule is COc1ccccc1CN1CCN(C(=O)C[C@@H]2C(=O)NCCN2C2CCCC2)CC1. The van der Waals surface area contributed by atoms with Crippen molar-refractivity contribution in [3.8, 4) is 5.75 Å². The molecule has 1 saturated carbocycles. The zero-order valence-electron chi connectivity index (χ0n) is 18.0. The van der Waals surface area contributed by atoms with E-state index in [-0.39, 0.29) is 17.9 Å². The van der Waals surface area contributed by atoms with Crippen LogP contribution in [-0.2, 0) is 16.1 Å². The second-order valence-corrected chi connectivity index (χ2v) is 8.66. The molecule has 30 heavy (non-hydrogen) atoms. The molecule has 1 aromatic rings. The summed E-state index contributed by atoms with van der Waals surface area (Å²) in [5.41, 5.74) is 1.17. The van der Waals surface area contributed by atoms with Gasteiger partial charge in [-0.15, -0.1) is 0 Å². The lowest BCUT2D eigenvalue weighted by atomic mass is 10.0. The largest absolute Gasteiger partial charge is 0.496 e. The zero-order valence-corrected chi connectivity index (χ0v) is 18.0. The molecule has 2 heterocycles. The van der Waals surface area contributed by atoms with Crippen molar-refractivity contribution in [1.82, 2.24) is 20.0 Å². The van der Waals surface area contributed by atoms with Crippen LogP contribution < -0.4 is 10.1 Å². The summed E-state index contributed by atoms with van der Waals surface area (Å²) in [7, 11) is 1.70. The fourth-order valence-electron chi connectivity index (χ4n) is 5.14. The Balaban J connectivity index is 1.30.